The fraction of sp³-hybridized carbons (Fsp3) is 0.250. The summed E-state index contributed by atoms with van der Waals surface area (Å²) in [5.41, 5.74) is 0.106. The third kappa shape index (κ3) is 3.81. The maximum atomic E-state index is 13.7. The second-order valence-electron chi connectivity index (χ2n) is 6.60. The van der Waals surface area contributed by atoms with Crippen molar-refractivity contribution in [1.82, 2.24) is 4.90 Å². The largest absolute Gasteiger partial charge is 0.497 e. The molecule has 0 fully saturated rings. The third-order valence-corrected chi connectivity index (χ3v) is 4.31. The standard InChI is InChI=1S/C20H20FN3O3/c1-20(2)23-18(13-8-10-14(27-3)11-9-13)19(26)24(20)12-17(25)22-16-7-5-4-6-15(16)21/h4-11H,12H2,1-3H3,(H,22,25). The predicted molar refractivity (Wildman–Crippen MR) is 100 cm³/mol. The number of amides is 2. The number of rotatable bonds is 5. The van der Waals surface area contributed by atoms with E-state index < -0.39 is 17.4 Å². The highest BCUT2D eigenvalue weighted by Crippen LogP contribution is 2.27. The van der Waals surface area contributed by atoms with Gasteiger partial charge in [0, 0.05) is 5.56 Å². The molecule has 1 N–H and O–H groups in total. The predicted octanol–water partition coefficient (Wildman–Crippen LogP) is 2.84. The number of benzene rings is 2. The minimum Gasteiger partial charge on any atom is -0.497 e. The molecule has 0 radical (unpaired) electrons. The molecule has 2 amide bonds. The average Bonchev–Trinajstić information content (AvgIpc) is 2.87. The van der Waals surface area contributed by atoms with Gasteiger partial charge in [0.15, 0.2) is 0 Å². The van der Waals surface area contributed by atoms with Crippen LogP contribution in [-0.2, 0) is 9.59 Å². The molecule has 2 aromatic carbocycles. The van der Waals surface area contributed by atoms with E-state index in [1.807, 2.05) is 0 Å². The molecule has 0 saturated heterocycles. The first-order valence-corrected chi connectivity index (χ1v) is 8.42. The van der Waals surface area contributed by atoms with Gasteiger partial charge >= 0.3 is 0 Å². The first-order chi connectivity index (χ1) is 12.8. The van der Waals surface area contributed by atoms with E-state index in [1.54, 1.807) is 51.3 Å². The van der Waals surface area contributed by atoms with Crippen molar-refractivity contribution < 1.29 is 18.7 Å². The number of halogens is 1. The van der Waals surface area contributed by atoms with Crippen LogP contribution in [0.25, 0.3) is 0 Å². The Morgan fingerprint density at radius 1 is 1.19 bits per heavy atom. The van der Waals surface area contributed by atoms with Crippen LogP contribution in [0.4, 0.5) is 10.1 Å². The zero-order valence-electron chi connectivity index (χ0n) is 15.3. The Balaban J connectivity index is 1.76. The molecule has 7 heteroatoms. The summed E-state index contributed by atoms with van der Waals surface area (Å²) < 4.78 is 18.8. The van der Waals surface area contributed by atoms with Crippen LogP contribution in [0.15, 0.2) is 53.5 Å². The van der Waals surface area contributed by atoms with Gasteiger partial charge in [-0.3, -0.25) is 14.6 Å². The van der Waals surface area contributed by atoms with E-state index in [4.69, 9.17) is 4.74 Å². The van der Waals surface area contributed by atoms with Crippen molar-refractivity contribution in [1.29, 1.82) is 0 Å². The molecule has 6 nitrogen and oxygen atoms in total. The van der Waals surface area contributed by atoms with Crippen LogP contribution in [0.3, 0.4) is 0 Å². The number of anilines is 1. The van der Waals surface area contributed by atoms with Gasteiger partial charge in [0.05, 0.1) is 12.8 Å². The van der Waals surface area contributed by atoms with Crippen molar-refractivity contribution in [2.24, 2.45) is 4.99 Å². The van der Waals surface area contributed by atoms with Crippen molar-refractivity contribution in [3.8, 4) is 5.75 Å². The summed E-state index contributed by atoms with van der Waals surface area (Å²) in [5, 5.41) is 2.49. The molecule has 1 heterocycles. The van der Waals surface area contributed by atoms with Crippen molar-refractivity contribution >= 4 is 23.2 Å². The summed E-state index contributed by atoms with van der Waals surface area (Å²) in [4.78, 5) is 31.0. The molecule has 0 saturated carbocycles. The summed E-state index contributed by atoms with van der Waals surface area (Å²) in [7, 11) is 1.56. The first-order valence-electron chi connectivity index (χ1n) is 8.42. The number of nitrogens with zero attached hydrogens (tertiary/aromatic N) is 2. The lowest BCUT2D eigenvalue weighted by Crippen LogP contribution is -2.46. The van der Waals surface area contributed by atoms with Crippen LogP contribution in [0.1, 0.15) is 19.4 Å². The molecular formula is C20H20FN3O3. The number of carbonyl (C=O) groups is 2. The quantitative estimate of drug-likeness (QED) is 0.881. The second kappa shape index (κ2) is 7.19. The van der Waals surface area contributed by atoms with Crippen LogP contribution in [0.2, 0.25) is 0 Å². The lowest BCUT2D eigenvalue weighted by atomic mass is 10.1. The van der Waals surface area contributed by atoms with Crippen LogP contribution in [0.5, 0.6) is 5.75 Å². The Morgan fingerprint density at radius 3 is 2.48 bits per heavy atom. The molecule has 0 spiro atoms. The summed E-state index contributed by atoms with van der Waals surface area (Å²) >= 11 is 0. The zero-order valence-corrected chi connectivity index (χ0v) is 15.3. The number of aliphatic imine (C=N–C) groups is 1. The smallest absolute Gasteiger partial charge is 0.275 e. The highest BCUT2D eigenvalue weighted by Gasteiger charge is 2.41. The van der Waals surface area contributed by atoms with Crippen molar-refractivity contribution in [3.05, 3.63) is 59.9 Å². The fourth-order valence-corrected chi connectivity index (χ4v) is 2.86. The van der Waals surface area contributed by atoms with Gasteiger partial charge in [0.25, 0.3) is 5.91 Å². The molecule has 0 unspecified atom stereocenters. The molecule has 2 aromatic rings. The van der Waals surface area contributed by atoms with Crippen LogP contribution in [-0.4, -0.2) is 41.7 Å². The maximum Gasteiger partial charge on any atom is 0.275 e. The van der Waals surface area contributed by atoms with E-state index in [0.717, 1.165) is 0 Å². The van der Waals surface area contributed by atoms with E-state index in [2.05, 4.69) is 10.3 Å². The highest BCUT2D eigenvalue weighted by molar-refractivity contribution is 6.47. The summed E-state index contributed by atoms with van der Waals surface area (Å²) in [6.07, 6.45) is 0. The van der Waals surface area contributed by atoms with Gasteiger partial charge in [-0.25, -0.2) is 4.39 Å². The van der Waals surface area contributed by atoms with Gasteiger partial charge in [-0.2, -0.15) is 0 Å². The Kier molecular flexibility index (Phi) is 4.94. The van der Waals surface area contributed by atoms with Crippen LogP contribution in [0, 0.1) is 5.82 Å². The third-order valence-electron chi connectivity index (χ3n) is 4.31. The van der Waals surface area contributed by atoms with Gasteiger partial charge in [-0.05, 0) is 50.2 Å². The van der Waals surface area contributed by atoms with E-state index in [9.17, 15) is 14.0 Å². The van der Waals surface area contributed by atoms with Crippen molar-refractivity contribution in [2.45, 2.75) is 19.5 Å². The van der Waals surface area contributed by atoms with Gasteiger partial charge in [-0.1, -0.05) is 12.1 Å². The molecule has 3 rings (SSSR count). The lowest BCUT2D eigenvalue weighted by molar-refractivity contribution is -0.131. The number of hydrogen-bond acceptors (Lipinski definition) is 4. The zero-order chi connectivity index (χ0) is 19.6. The number of carbonyl (C=O) groups excluding carboxylic acids is 2. The second-order valence-corrected chi connectivity index (χ2v) is 6.60. The number of methoxy groups -OCH3 is 1. The number of hydrogen-bond donors (Lipinski definition) is 1. The Morgan fingerprint density at radius 2 is 1.85 bits per heavy atom. The van der Waals surface area contributed by atoms with Crippen molar-refractivity contribution in [3.63, 3.8) is 0 Å². The molecule has 1 aliphatic rings. The Labute approximate surface area is 156 Å². The fourth-order valence-electron chi connectivity index (χ4n) is 2.86. The minimum absolute atomic E-state index is 0.0725. The van der Waals surface area contributed by atoms with Gasteiger partial charge in [0.1, 0.15) is 29.5 Å². The van der Waals surface area contributed by atoms with Crippen LogP contribution < -0.4 is 10.1 Å². The summed E-state index contributed by atoms with van der Waals surface area (Å²) in [6.45, 7) is 3.26. The van der Waals surface area contributed by atoms with Crippen LogP contribution >= 0.6 is 0 Å². The number of nitrogens with one attached hydrogen (secondary N) is 1. The monoisotopic (exact) mass is 369 g/mol. The normalized spacial score (nSPS) is 15.5. The summed E-state index contributed by atoms with van der Waals surface area (Å²) in [5.74, 6) is -0.709. The molecule has 27 heavy (non-hydrogen) atoms. The highest BCUT2D eigenvalue weighted by atomic mass is 19.1. The Hall–Kier alpha value is -3.22. The maximum absolute atomic E-state index is 13.7. The van der Waals surface area contributed by atoms with Gasteiger partial charge in [0.2, 0.25) is 5.91 Å². The molecule has 0 atom stereocenters. The van der Waals surface area contributed by atoms with Crippen molar-refractivity contribution in [2.75, 3.05) is 19.0 Å². The van der Waals surface area contributed by atoms with E-state index in [1.165, 1.54) is 23.1 Å². The van der Waals surface area contributed by atoms with E-state index >= 15 is 0 Å². The molecule has 140 valence electrons. The number of ether oxygens (including phenoxy) is 1. The SMILES string of the molecule is COc1ccc(C2=NC(C)(C)N(CC(=O)Nc3ccccc3F)C2=O)cc1. The molecule has 1 aliphatic heterocycles. The first kappa shape index (κ1) is 18.6. The lowest BCUT2D eigenvalue weighted by Gasteiger charge is -2.28. The van der Waals surface area contributed by atoms with Gasteiger partial charge in [-0.15, -0.1) is 0 Å². The summed E-state index contributed by atoms with van der Waals surface area (Å²) in [6, 6.07) is 12.8. The molecule has 0 aromatic heterocycles. The topological polar surface area (TPSA) is 71.0 Å². The molecule has 0 bridgehead atoms. The van der Waals surface area contributed by atoms with E-state index in [0.29, 0.717) is 11.3 Å². The molecule has 0 aliphatic carbocycles. The number of para-hydroxylation sites is 1. The van der Waals surface area contributed by atoms with E-state index in [-0.39, 0.29) is 23.9 Å². The Bertz CT molecular complexity index is 907. The minimum atomic E-state index is -0.890. The molecular weight excluding hydrogens is 349 g/mol. The van der Waals surface area contributed by atoms with Gasteiger partial charge < -0.3 is 15.0 Å². The average molecular weight is 369 g/mol.